The molecule has 0 bridgehead atoms. The van der Waals surface area contributed by atoms with Crippen molar-refractivity contribution in [1.29, 1.82) is 0 Å². The molecule has 0 saturated carbocycles. The molecule has 0 saturated heterocycles. The number of ether oxygens (including phenoxy) is 1. The predicted molar refractivity (Wildman–Crippen MR) is 102 cm³/mol. The quantitative estimate of drug-likeness (QED) is 0.766. The smallest absolute Gasteiger partial charge is 0.146 e. The highest BCUT2D eigenvalue weighted by atomic mass is 16.5. The first kappa shape index (κ1) is 15.4. The van der Waals surface area contributed by atoms with Gasteiger partial charge in [0.25, 0.3) is 0 Å². The van der Waals surface area contributed by atoms with Crippen LogP contribution in [0.25, 0.3) is 17.0 Å². The normalized spacial score (nSPS) is 15.6. The molecule has 0 spiro atoms. The van der Waals surface area contributed by atoms with Gasteiger partial charge in [-0.1, -0.05) is 18.2 Å². The highest BCUT2D eigenvalue weighted by molar-refractivity contribution is 6.18. The molecule has 4 heteroatoms. The van der Waals surface area contributed by atoms with Gasteiger partial charge in [-0.3, -0.25) is 4.98 Å². The zero-order valence-corrected chi connectivity index (χ0v) is 14.5. The molecule has 0 aliphatic carbocycles. The molecule has 25 heavy (non-hydrogen) atoms. The van der Waals surface area contributed by atoms with Gasteiger partial charge in [0.1, 0.15) is 11.5 Å². The van der Waals surface area contributed by atoms with Crippen LogP contribution in [0.4, 0.5) is 0 Å². The Kier molecular flexibility index (Phi) is 3.73. The Labute approximate surface area is 146 Å². The van der Waals surface area contributed by atoms with Gasteiger partial charge < -0.3 is 9.72 Å². The van der Waals surface area contributed by atoms with Gasteiger partial charge in [0.2, 0.25) is 0 Å². The lowest BCUT2D eigenvalue weighted by atomic mass is 10.0. The van der Waals surface area contributed by atoms with Gasteiger partial charge in [0, 0.05) is 34.6 Å². The Hall–Kier alpha value is -3.14. The molecule has 3 aromatic rings. The van der Waals surface area contributed by atoms with Gasteiger partial charge in [-0.15, -0.1) is 0 Å². The minimum absolute atomic E-state index is 0.766. The molecule has 0 unspecified atom stereocenters. The molecule has 2 aromatic heterocycles. The molecular formula is C21H19N3O. The maximum absolute atomic E-state index is 5.56. The van der Waals surface area contributed by atoms with E-state index in [4.69, 9.17) is 9.73 Å². The van der Waals surface area contributed by atoms with Crippen molar-refractivity contribution in [3.05, 3.63) is 82.6 Å². The Morgan fingerprint density at radius 1 is 1.12 bits per heavy atom. The van der Waals surface area contributed by atoms with Crippen molar-refractivity contribution in [2.24, 2.45) is 4.99 Å². The molecule has 1 aliphatic heterocycles. The molecule has 4 nitrogen and oxygen atoms in total. The fourth-order valence-electron chi connectivity index (χ4n) is 3.18. The number of rotatable bonds is 3. The third-order valence-electron chi connectivity index (χ3n) is 4.37. The van der Waals surface area contributed by atoms with Crippen molar-refractivity contribution in [3.8, 4) is 0 Å². The SMILES string of the molecule is COC1=CC(c2cccc3ncccc23)=N/C1=C\c1[nH]c(C)cc1C. The lowest BCUT2D eigenvalue weighted by Gasteiger charge is -2.03. The number of aromatic nitrogens is 2. The summed E-state index contributed by atoms with van der Waals surface area (Å²) in [6.45, 7) is 4.14. The van der Waals surface area contributed by atoms with Gasteiger partial charge in [-0.25, -0.2) is 4.99 Å². The first-order valence-corrected chi connectivity index (χ1v) is 8.22. The van der Waals surface area contributed by atoms with Crippen LogP contribution < -0.4 is 0 Å². The van der Waals surface area contributed by atoms with E-state index < -0.39 is 0 Å². The summed E-state index contributed by atoms with van der Waals surface area (Å²) in [5.74, 6) is 0.766. The van der Waals surface area contributed by atoms with Gasteiger partial charge in [0.05, 0.1) is 18.3 Å². The van der Waals surface area contributed by atoms with Crippen molar-refractivity contribution in [2.45, 2.75) is 13.8 Å². The van der Waals surface area contributed by atoms with Crippen molar-refractivity contribution in [2.75, 3.05) is 7.11 Å². The molecule has 0 amide bonds. The van der Waals surface area contributed by atoms with E-state index in [0.29, 0.717) is 0 Å². The molecule has 0 atom stereocenters. The van der Waals surface area contributed by atoms with E-state index >= 15 is 0 Å². The molecule has 0 radical (unpaired) electrons. The summed E-state index contributed by atoms with van der Waals surface area (Å²) < 4.78 is 5.56. The Balaban J connectivity index is 1.83. The highest BCUT2D eigenvalue weighted by Gasteiger charge is 2.18. The standard InChI is InChI=1S/C21H19N3O/c1-13-10-14(2)23-18(13)11-20-21(25-3)12-19(24-20)16-6-4-8-17-15(16)7-5-9-22-17/h4-12,23H,1-3H3/b20-11-. The highest BCUT2D eigenvalue weighted by Crippen LogP contribution is 2.28. The molecule has 3 heterocycles. The maximum Gasteiger partial charge on any atom is 0.146 e. The summed E-state index contributed by atoms with van der Waals surface area (Å²) >= 11 is 0. The number of fused-ring (bicyclic) bond motifs is 1. The molecule has 4 rings (SSSR count). The van der Waals surface area contributed by atoms with Crippen LogP contribution in [0.3, 0.4) is 0 Å². The zero-order chi connectivity index (χ0) is 17.4. The van der Waals surface area contributed by atoms with Crippen molar-refractivity contribution in [3.63, 3.8) is 0 Å². The van der Waals surface area contributed by atoms with Crippen LogP contribution in [-0.2, 0) is 4.74 Å². The monoisotopic (exact) mass is 329 g/mol. The largest absolute Gasteiger partial charge is 0.494 e. The van der Waals surface area contributed by atoms with Crippen LogP contribution >= 0.6 is 0 Å². The number of benzene rings is 1. The number of aryl methyl sites for hydroxylation is 2. The third-order valence-corrected chi connectivity index (χ3v) is 4.37. The summed E-state index contributed by atoms with van der Waals surface area (Å²) in [5.41, 5.74) is 7.12. The lowest BCUT2D eigenvalue weighted by molar-refractivity contribution is 0.303. The number of pyridine rings is 1. The van der Waals surface area contributed by atoms with E-state index in [1.54, 1.807) is 13.3 Å². The van der Waals surface area contributed by atoms with Crippen molar-refractivity contribution >= 4 is 22.7 Å². The van der Waals surface area contributed by atoms with Gasteiger partial charge in [-0.05, 0) is 43.7 Å². The number of methoxy groups -OCH3 is 1. The van der Waals surface area contributed by atoms with Gasteiger partial charge >= 0.3 is 0 Å². The summed E-state index contributed by atoms with van der Waals surface area (Å²) in [4.78, 5) is 12.6. The van der Waals surface area contributed by atoms with Crippen molar-refractivity contribution < 1.29 is 4.74 Å². The summed E-state index contributed by atoms with van der Waals surface area (Å²) in [6.07, 6.45) is 5.83. The van der Waals surface area contributed by atoms with Crippen LogP contribution in [0.2, 0.25) is 0 Å². The van der Waals surface area contributed by atoms with E-state index in [-0.39, 0.29) is 0 Å². The summed E-state index contributed by atoms with van der Waals surface area (Å²) in [5, 5.41) is 1.09. The van der Waals surface area contributed by atoms with Crippen molar-refractivity contribution in [1.82, 2.24) is 9.97 Å². The summed E-state index contributed by atoms with van der Waals surface area (Å²) in [6, 6.07) is 12.2. The first-order valence-electron chi connectivity index (χ1n) is 8.22. The topological polar surface area (TPSA) is 50.3 Å². The molecule has 0 fully saturated rings. The van der Waals surface area contributed by atoms with Crippen LogP contribution in [0.15, 0.2) is 65.1 Å². The van der Waals surface area contributed by atoms with Crippen LogP contribution in [0.5, 0.6) is 0 Å². The zero-order valence-electron chi connectivity index (χ0n) is 14.5. The average Bonchev–Trinajstić information content (AvgIpc) is 3.17. The van der Waals surface area contributed by atoms with E-state index in [2.05, 4.69) is 42.0 Å². The van der Waals surface area contributed by atoms with Crippen LogP contribution in [0.1, 0.15) is 22.5 Å². The fraction of sp³-hybridized carbons (Fsp3) is 0.143. The molecule has 1 aromatic carbocycles. The third kappa shape index (κ3) is 2.76. The lowest BCUT2D eigenvalue weighted by Crippen LogP contribution is -1.96. The number of hydrogen-bond donors (Lipinski definition) is 1. The number of hydrogen-bond acceptors (Lipinski definition) is 3. The minimum Gasteiger partial charge on any atom is -0.494 e. The second-order valence-corrected chi connectivity index (χ2v) is 6.16. The molecule has 1 N–H and O–H groups in total. The number of H-pyrrole nitrogens is 1. The van der Waals surface area contributed by atoms with E-state index in [1.165, 1.54) is 5.56 Å². The second kappa shape index (κ2) is 6.06. The van der Waals surface area contributed by atoms with E-state index in [9.17, 15) is 0 Å². The number of nitrogens with zero attached hydrogens (tertiary/aromatic N) is 2. The first-order chi connectivity index (χ1) is 12.2. The Morgan fingerprint density at radius 2 is 2.00 bits per heavy atom. The Morgan fingerprint density at radius 3 is 2.76 bits per heavy atom. The fourth-order valence-corrected chi connectivity index (χ4v) is 3.18. The van der Waals surface area contributed by atoms with E-state index in [0.717, 1.165) is 45.0 Å². The van der Waals surface area contributed by atoms with Crippen LogP contribution in [0, 0.1) is 13.8 Å². The Bertz CT molecular complexity index is 1050. The molecule has 1 aliphatic rings. The maximum atomic E-state index is 5.56. The molecule has 124 valence electrons. The number of nitrogens with one attached hydrogen (secondary N) is 1. The number of aliphatic imine (C=N–C) groups is 1. The molecular weight excluding hydrogens is 310 g/mol. The minimum atomic E-state index is 0.766. The summed E-state index contributed by atoms with van der Waals surface area (Å²) in [7, 11) is 1.68. The number of aromatic amines is 1. The second-order valence-electron chi connectivity index (χ2n) is 6.16. The van der Waals surface area contributed by atoms with Gasteiger partial charge in [0.15, 0.2) is 0 Å². The number of allylic oxidation sites excluding steroid dienone is 1. The van der Waals surface area contributed by atoms with E-state index in [1.807, 2.05) is 30.4 Å². The average molecular weight is 329 g/mol. The van der Waals surface area contributed by atoms with Gasteiger partial charge in [-0.2, -0.15) is 0 Å². The predicted octanol–water partition coefficient (Wildman–Crippen LogP) is 4.55. The van der Waals surface area contributed by atoms with Crippen LogP contribution in [-0.4, -0.2) is 22.8 Å².